The normalized spacial score (nSPS) is 10.8. The van der Waals surface area contributed by atoms with Crippen molar-refractivity contribution in [3.8, 4) is 11.3 Å². The van der Waals surface area contributed by atoms with E-state index >= 15 is 0 Å². The molecule has 0 aliphatic rings. The molecule has 0 atom stereocenters. The van der Waals surface area contributed by atoms with Crippen LogP contribution in [0.3, 0.4) is 0 Å². The van der Waals surface area contributed by atoms with Crippen molar-refractivity contribution in [3.63, 3.8) is 0 Å². The number of nitrogens with zero attached hydrogens (tertiary/aromatic N) is 2. The summed E-state index contributed by atoms with van der Waals surface area (Å²) < 4.78 is 2.12. The lowest BCUT2D eigenvalue weighted by atomic mass is 10.1. The lowest BCUT2D eigenvalue weighted by Crippen LogP contribution is -1.85. The van der Waals surface area contributed by atoms with Crippen LogP contribution < -0.4 is 0 Å². The van der Waals surface area contributed by atoms with Crippen molar-refractivity contribution in [1.82, 2.24) is 9.55 Å². The quantitative estimate of drug-likeness (QED) is 0.600. The monoisotopic (exact) mass is 208 g/mol. The van der Waals surface area contributed by atoms with Crippen molar-refractivity contribution >= 4 is 10.9 Å². The Kier molecular flexibility index (Phi) is 2.00. The van der Waals surface area contributed by atoms with E-state index in [0.717, 1.165) is 5.69 Å². The fraction of sp³-hybridized carbons (Fsp3) is 0.0714. The number of rotatable bonds is 1. The molecule has 0 radical (unpaired) electrons. The largest absolute Gasteiger partial charge is 0.351 e. The SMILES string of the molecule is Cn1ccc2cc(-c3ccccn3)ccc21. The Hall–Kier alpha value is -2.09. The first-order chi connectivity index (χ1) is 7.84. The van der Waals surface area contributed by atoms with Gasteiger partial charge in [-0.2, -0.15) is 0 Å². The molecule has 3 rings (SSSR count). The highest BCUT2D eigenvalue weighted by molar-refractivity contribution is 5.84. The third kappa shape index (κ3) is 1.39. The lowest BCUT2D eigenvalue weighted by Gasteiger charge is -2.01. The van der Waals surface area contributed by atoms with Crippen molar-refractivity contribution in [2.45, 2.75) is 0 Å². The highest BCUT2D eigenvalue weighted by Crippen LogP contribution is 2.22. The maximum Gasteiger partial charge on any atom is 0.0702 e. The van der Waals surface area contributed by atoms with Crippen LogP contribution in [0.5, 0.6) is 0 Å². The second kappa shape index (κ2) is 3.49. The molecule has 0 saturated heterocycles. The molecule has 0 saturated carbocycles. The molecule has 0 amide bonds. The predicted octanol–water partition coefficient (Wildman–Crippen LogP) is 3.24. The molecule has 1 aromatic carbocycles. The van der Waals surface area contributed by atoms with E-state index in [1.54, 1.807) is 0 Å². The second-order valence-electron chi connectivity index (χ2n) is 3.92. The first-order valence-corrected chi connectivity index (χ1v) is 5.31. The average Bonchev–Trinajstić information content (AvgIpc) is 2.72. The van der Waals surface area contributed by atoms with Gasteiger partial charge in [-0.05, 0) is 30.3 Å². The van der Waals surface area contributed by atoms with E-state index in [0.29, 0.717) is 0 Å². The minimum absolute atomic E-state index is 1.02. The minimum Gasteiger partial charge on any atom is -0.351 e. The first-order valence-electron chi connectivity index (χ1n) is 5.31. The first kappa shape index (κ1) is 9.16. The third-order valence-electron chi connectivity index (χ3n) is 2.85. The van der Waals surface area contributed by atoms with Gasteiger partial charge in [0.1, 0.15) is 0 Å². The van der Waals surface area contributed by atoms with Crippen molar-refractivity contribution in [2.75, 3.05) is 0 Å². The summed E-state index contributed by atoms with van der Waals surface area (Å²) in [5.41, 5.74) is 3.44. The van der Waals surface area contributed by atoms with Crippen molar-refractivity contribution in [1.29, 1.82) is 0 Å². The summed E-state index contributed by atoms with van der Waals surface area (Å²) in [7, 11) is 2.06. The predicted molar refractivity (Wildman–Crippen MR) is 66.2 cm³/mol. The Morgan fingerprint density at radius 3 is 2.81 bits per heavy atom. The summed E-state index contributed by atoms with van der Waals surface area (Å²) in [6, 6.07) is 14.5. The Morgan fingerprint density at radius 1 is 1.06 bits per heavy atom. The number of hydrogen-bond donors (Lipinski definition) is 0. The van der Waals surface area contributed by atoms with Gasteiger partial charge in [0.25, 0.3) is 0 Å². The van der Waals surface area contributed by atoms with Gasteiger partial charge in [0.2, 0.25) is 0 Å². The fourth-order valence-corrected chi connectivity index (χ4v) is 1.97. The molecule has 0 unspecified atom stereocenters. The topological polar surface area (TPSA) is 17.8 Å². The number of fused-ring (bicyclic) bond motifs is 1. The van der Waals surface area contributed by atoms with E-state index in [2.05, 4.69) is 47.1 Å². The van der Waals surface area contributed by atoms with Crippen molar-refractivity contribution in [3.05, 3.63) is 54.9 Å². The van der Waals surface area contributed by atoms with E-state index < -0.39 is 0 Å². The van der Waals surface area contributed by atoms with Gasteiger partial charge in [0, 0.05) is 35.9 Å². The molecule has 0 bridgehead atoms. The van der Waals surface area contributed by atoms with E-state index in [1.165, 1.54) is 16.5 Å². The van der Waals surface area contributed by atoms with Gasteiger partial charge in [-0.15, -0.1) is 0 Å². The molecule has 0 aliphatic carbocycles. The number of aryl methyl sites for hydroxylation is 1. The van der Waals surface area contributed by atoms with Crippen molar-refractivity contribution in [2.24, 2.45) is 7.05 Å². The molecular formula is C14H12N2. The summed E-state index contributed by atoms with van der Waals surface area (Å²) in [5.74, 6) is 0. The molecule has 3 aromatic rings. The zero-order valence-electron chi connectivity index (χ0n) is 9.09. The zero-order valence-corrected chi connectivity index (χ0v) is 9.09. The maximum atomic E-state index is 4.36. The van der Waals surface area contributed by atoms with Gasteiger partial charge < -0.3 is 4.57 Å². The van der Waals surface area contributed by atoms with Crippen LogP contribution >= 0.6 is 0 Å². The fourth-order valence-electron chi connectivity index (χ4n) is 1.97. The number of hydrogen-bond acceptors (Lipinski definition) is 1. The smallest absolute Gasteiger partial charge is 0.0702 e. The van der Waals surface area contributed by atoms with Gasteiger partial charge in [0.15, 0.2) is 0 Å². The van der Waals surface area contributed by atoms with Crippen LogP contribution in [0, 0.1) is 0 Å². The molecule has 0 N–H and O–H groups in total. The third-order valence-corrected chi connectivity index (χ3v) is 2.85. The van der Waals surface area contributed by atoms with E-state index in [9.17, 15) is 0 Å². The molecule has 0 spiro atoms. The molecule has 0 aliphatic heterocycles. The van der Waals surface area contributed by atoms with Gasteiger partial charge in [0.05, 0.1) is 5.69 Å². The van der Waals surface area contributed by atoms with Gasteiger partial charge in [-0.3, -0.25) is 4.98 Å². The van der Waals surface area contributed by atoms with Crippen LogP contribution in [0.15, 0.2) is 54.9 Å². The van der Waals surface area contributed by atoms with E-state index in [-0.39, 0.29) is 0 Å². The second-order valence-corrected chi connectivity index (χ2v) is 3.92. The summed E-state index contributed by atoms with van der Waals surface area (Å²) in [6.45, 7) is 0. The number of benzene rings is 1. The molecule has 2 heteroatoms. The Bertz CT molecular complexity index is 624. The maximum absolute atomic E-state index is 4.36. The highest BCUT2D eigenvalue weighted by atomic mass is 14.9. The van der Waals surface area contributed by atoms with Crippen LogP contribution in [-0.2, 0) is 7.05 Å². The lowest BCUT2D eigenvalue weighted by molar-refractivity contribution is 0.969. The van der Waals surface area contributed by atoms with E-state index in [4.69, 9.17) is 0 Å². The molecule has 2 aromatic heterocycles. The Balaban J connectivity index is 2.19. The summed E-state index contributed by atoms with van der Waals surface area (Å²) in [4.78, 5) is 4.36. The van der Waals surface area contributed by atoms with Gasteiger partial charge >= 0.3 is 0 Å². The molecule has 78 valence electrons. The van der Waals surface area contributed by atoms with Crippen molar-refractivity contribution < 1.29 is 0 Å². The summed E-state index contributed by atoms with van der Waals surface area (Å²) in [5, 5.41) is 1.26. The number of pyridine rings is 1. The number of aromatic nitrogens is 2. The minimum atomic E-state index is 1.02. The van der Waals surface area contributed by atoms with Crippen LogP contribution in [0.25, 0.3) is 22.2 Å². The average molecular weight is 208 g/mol. The zero-order chi connectivity index (χ0) is 11.0. The standard InChI is InChI=1S/C14H12N2/c1-16-9-7-12-10-11(5-6-14(12)16)13-4-2-3-8-15-13/h2-10H,1H3. The van der Waals surface area contributed by atoms with Crippen LogP contribution in [0.4, 0.5) is 0 Å². The van der Waals surface area contributed by atoms with Crippen LogP contribution in [-0.4, -0.2) is 9.55 Å². The molecule has 2 heterocycles. The highest BCUT2D eigenvalue weighted by Gasteiger charge is 2.01. The molecule has 2 nitrogen and oxygen atoms in total. The molecular weight excluding hydrogens is 196 g/mol. The van der Waals surface area contributed by atoms with Gasteiger partial charge in [-0.25, -0.2) is 0 Å². The molecule has 16 heavy (non-hydrogen) atoms. The Morgan fingerprint density at radius 2 is 2.00 bits per heavy atom. The summed E-state index contributed by atoms with van der Waals surface area (Å²) in [6.07, 6.45) is 3.90. The van der Waals surface area contributed by atoms with E-state index in [1.807, 2.05) is 24.4 Å². The Labute approximate surface area is 94.2 Å². The van der Waals surface area contributed by atoms with Crippen LogP contribution in [0.1, 0.15) is 0 Å². The van der Waals surface area contributed by atoms with Gasteiger partial charge in [-0.1, -0.05) is 12.1 Å². The van der Waals surface area contributed by atoms with Crippen LogP contribution in [0.2, 0.25) is 0 Å². The summed E-state index contributed by atoms with van der Waals surface area (Å²) >= 11 is 0. The molecule has 0 fully saturated rings.